The van der Waals surface area contributed by atoms with E-state index in [4.69, 9.17) is 11.6 Å². The minimum absolute atomic E-state index is 0.321. The maximum atomic E-state index is 13.2. The first-order chi connectivity index (χ1) is 13.1. The predicted octanol–water partition coefficient (Wildman–Crippen LogP) is 5.52. The summed E-state index contributed by atoms with van der Waals surface area (Å²) in [6, 6.07) is 10.6. The van der Waals surface area contributed by atoms with Crippen molar-refractivity contribution < 1.29 is 4.79 Å². The largest absolute Gasteiger partial charge is 0.339 e. The SMILES string of the molecule is CC1(Cc2ccc(-c3cccnc3)cc2Cl)CCN(C2CCCCC2)C1=O. The van der Waals surface area contributed by atoms with Crippen LogP contribution in [0.2, 0.25) is 5.02 Å². The summed E-state index contributed by atoms with van der Waals surface area (Å²) in [7, 11) is 0. The molecular weight excluding hydrogens is 356 g/mol. The van der Waals surface area contributed by atoms with Gasteiger partial charge in [-0.25, -0.2) is 0 Å². The average molecular weight is 383 g/mol. The Labute approximate surface area is 166 Å². The summed E-state index contributed by atoms with van der Waals surface area (Å²) in [4.78, 5) is 19.5. The number of rotatable bonds is 4. The van der Waals surface area contributed by atoms with Gasteiger partial charge in [0.25, 0.3) is 0 Å². The number of likely N-dealkylation sites (tertiary alicyclic amines) is 1. The molecule has 1 atom stereocenters. The van der Waals surface area contributed by atoms with Crippen LogP contribution in [0.25, 0.3) is 11.1 Å². The molecule has 0 bridgehead atoms. The number of pyridine rings is 1. The molecule has 2 aliphatic rings. The molecule has 0 radical (unpaired) electrons. The van der Waals surface area contributed by atoms with E-state index in [9.17, 15) is 4.79 Å². The summed E-state index contributed by atoms with van der Waals surface area (Å²) in [6.07, 6.45) is 11.4. The Bertz CT molecular complexity index is 816. The first-order valence-corrected chi connectivity index (χ1v) is 10.4. The molecule has 2 aromatic rings. The lowest BCUT2D eigenvalue weighted by molar-refractivity contribution is -0.137. The van der Waals surface area contributed by atoms with Crippen LogP contribution in [0.3, 0.4) is 0 Å². The van der Waals surface area contributed by atoms with Crippen LogP contribution in [0.5, 0.6) is 0 Å². The molecule has 4 heteroatoms. The highest BCUT2D eigenvalue weighted by Gasteiger charge is 2.45. The number of hydrogen-bond donors (Lipinski definition) is 0. The van der Waals surface area contributed by atoms with Gasteiger partial charge in [0.05, 0.1) is 5.41 Å². The second-order valence-electron chi connectivity index (χ2n) is 8.33. The summed E-state index contributed by atoms with van der Waals surface area (Å²) < 4.78 is 0. The number of carbonyl (C=O) groups is 1. The van der Waals surface area contributed by atoms with Gasteiger partial charge in [-0.05, 0) is 48.9 Å². The highest BCUT2D eigenvalue weighted by molar-refractivity contribution is 6.31. The number of nitrogens with zero attached hydrogens (tertiary/aromatic N) is 2. The number of carbonyl (C=O) groups excluding carboxylic acids is 1. The molecule has 0 N–H and O–H groups in total. The second kappa shape index (κ2) is 7.63. The average Bonchev–Trinajstić information content (AvgIpc) is 2.99. The summed E-state index contributed by atoms with van der Waals surface area (Å²) >= 11 is 6.61. The normalized spacial score (nSPS) is 23.8. The molecule has 3 nitrogen and oxygen atoms in total. The van der Waals surface area contributed by atoms with Gasteiger partial charge in [0.2, 0.25) is 5.91 Å². The summed E-state index contributed by atoms with van der Waals surface area (Å²) in [5.41, 5.74) is 2.84. The van der Waals surface area contributed by atoms with E-state index < -0.39 is 0 Å². The van der Waals surface area contributed by atoms with Crippen LogP contribution in [0, 0.1) is 5.41 Å². The van der Waals surface area contributed by atoms with E-state index in [1.165, 1.54) is 32.1 Å². The molecule has 4 rings (SSSR count). The summed E-state index contributed by atoms with van der Waals surface area (Å²) in [6.45, 7) is 3.01. The monoisotopic (exact) mass is 382 g/mol. The van der Waals surface area contributed by atoms with Crippen molar-refractivity contribution >= 4 is 17.5 Å². The van der Waals surface area contributed by atoms with Gasteiger partial charge in [-0.15, -0.1) is 0 Å². The third-order valence-electron chi connectivity index (χ3n) is 6.33. The van der Waals surface area contributed by atoms with E-state index in [-0.39, 0.29) is 5.41 Å². The Hall–Kier alpha value is -1.87. The predicted molar refractivity (Wildman–Crippen MR) is 110 cm³/mol. The molecule has 142 valence electrons. The highest BCUT2D eigenvalue weighted by Crippen LogP contribution is 2.40. The van der Waals surface area contributed by atoms with Crippen molar-refractivity contribution in [1.82, 2.24) is 9.88 Å². The van der Waals surface area contributed by atoms with Crippen LogP contribution < -0.4 is 0 Å². The lowest BCUT2D eigenvalue weighted by Gasteiger charge is -2.33. The minimum Gasteiger partial charge on any atom is -0.339 e. The van der Waals surface area contributed by atoms with Gasteiger partial charge in [0, 0.05) is 35.6 Å². The summed E-state index contributed by atoms with van der Waals surface area (Å²) in [5.74, 6) is 0.321. The Morgan fingerprint density at radius 3 is 2.70 bits per heavy atom. The fraction of sp³-hybridized carbons (Fsp3) is 0.478. The number of aromatic nitrogens is 1. The molecule has 0 spiro atoms. The molecule has 1 saturated heterocycles. The van der Waals surface area contributed by atoms with E-state index in [2.05, 4.69) is 28.9 Å². The molecule has 1 aromatic carbocycles. The molecule has 1 aliphatic carbocycles. The van der Waals surface area contributed by atoms with E-state index in [0.29, 0.717) is 18.4 Å². The van der Waals surface area contributed by atoms with E-state index >= 15 is 0 Å². The smallest absolute Gasteiger partial charge is 0.229 e. The van der Waals surface area contributed by atoms with E-state index in [1.54, 1.807) is 6.20 Å². The second-order valence-corrected chi connectivity index (χ2v) is 8.73. The third kappa shape index (κ3) is 3.75. The fourth-order valence-corrected chi connectivity index (χ4v) is 4.90. The van der Waals surface area contributed by atoms with Crippen molar-refractivity contribution in [3.05, 3.63) is 53.3 Å². The molecule has 1 aromatic heterocycles. The fourth-order valence-electron chi connectivity index (χ4n) is 4.65. The Balaban J connectivity index is 1.51. The lowest BCUT2D eigenvalue weighted by Crippen LogP contribution is -2.41. The van der Waals surface area contributed by atoms with Crippen molar-refractivity contribution in [3.8, 4) is 11.1 Å². The number of benzene rings is 1. The van der Waals surface area contributed by atoms with Crippen molar-refractivity contribution in [2.75, 3.05) is 6.54 Å². The maximum absolute atomic E-state index is 13.2. The standard InChI is InChI=1S/C23H27ClN2O/c1-23(11-13-26(22(23)27)20-7-3-2-4-8-20)15-18-10-9-17(14-21(18)24)19-6-5-12-25-16-19/h5-6,9-10,12,14,16,20H,2-4,7-8,11,13,15H2,1H3. The van der Waals surface area contributed by atoms with Gasteiger partial charge >= 0.3 is 0 Å². The van der Waals surface area contributed by atoms with Crippen molar-refractivity contribution in [1.29, 1.82) is 0 Å². The zero-order valence-electron chi connectivity index (χ0n) is 16.0. The zero-order valence-corrected chi connectivity index (χ0v) is 16.7. The Kier molecular flexibility index (Phi) is 5.23. The van der Waals surface area contributed by atoms with E-state index in [0.717, 1.165) is 34.7 Å². The first kappa shape index (κ1) is 18.5. The molecule has 1 unspecified atom stereocenters. The van der Waals surface area contributed by atoms with Crippen LogP contribution in [0.4, 0.5) is 0 Å². The quantitative estimate of drug-likeness (QED) is 0.697. The number of hydrogen-bond acceptors (Lipinski definition) is 2. The van der Waals surface area contributed by atoms with Gasteiger partial charge in [-0.2, -0.15) is 0 Å². The zero-order chi connectivity index (χ0) is 18.9. The molecule has 1 amide bonds. The topological polar surface area (TPSA) is 33.2 Å². The van der Waals surface area contributed by atoms with Gasteiger partial charge in [0.1, 0.15) is 0 Å². The molecule has 1 aliphatic heterocycles. The molecule has 27 heavy (non-hydrogen) atoms. The van der Waals surface area contributed by atoms with Gasteiger partial charge < -0.3 is 4.90 Å². The van der Waals surface area contributed by atoms with Crippen molar-refractivity contribution in [2.45, 2.75) is 57.9 Å². The molecule has 2 fully saturated rings. The molecule has 2 heterocycles. The minimum atomic E-state index is -0.336. The molecular formula is C23H27ClN2O. The van der Waals surface area contributed by atoms with Crippen molar-refractivity contribution in [3.63, 3.8) is 0 Å². The first-order valence-electron chi connectivity index (χ1n) is 10.1. The van der Waals surface area contributed by atoms with Crippen LogP contribution in [-0.4, -0.2) is 28.4 Å². The number of amides is 1. The molecule has 1 saturated carbocycles. The van der Waals surface area contributed by atoms with Gasteiger partial charge in [-0.3, -0.25) is 9.78 Å². The van der Waals surface area contributed by atoms with Crippen molar-refractivity contribution in [2.24, 2.45) is 5.41 Å². The van der Waals surface area contributed by atoms with Gasteiger partial charge in [-0.1, -0.05) is 56.0 Å². The van der Waals surface area contributed by atoms with Crippen LogP contribution in [0.15, 0.2) is 42.7 Å². The van der Waals surface area contributed by atoms with Crippen LogP contribution >= 0.6 is 11.6 Å². The third-order valence-corrected chi connectivity index (χ3v) is 6.68. The highest BCUT2D eigenvalue weighted by atomic mass is 35.5. The van der Waals surface area contributed by atoms with E-state index in [1.807, 2.05) is 24.4 Å². The Morgan fingerprint density at radius 1 is 1.19 bits per heavy atom. The Morgan fingerprint density at radius 2 is 2.00 bits per heavy atom. The number of halogens is 1. The van der Waals surface area contributed by atoms with Crippen LogP contribution in [-0.2, 0) is 11.2 Å². The maximum Gasteiger partial charge on any atom is 0.229 e. The summed E-state index contributed by atoms with van der Waals surface area (Å²) in [5, 5.41) is 0.737. The van der Waals surface area contributed by atoms with Gasteiger partial charge in [0.15, 0.2) is 0 Å². The lowest BCUT2D eigenvalue weighted by atomic mass is 9.81. The van der Waals surface area contributed by atoms with Crippen LogP contribution in [0.1, 0.15) is 51.0 Å².